The largest absolute Gasteiger partial charge is 0.497 e. The molecule has 0 saturated heterocycles. The highest BCUT2D eigenvalue weighted by Gasteiger charge is 2.13. The second kappa shape index (κ2) is 5.98. The van der Waals surface area contributed by atoms with E-state index in [1.54, 1.807) is 23.9 Å². The second-order valence-corrected chi connectivity index (χ2v) is 4.09. The van der Waals surface area contributed by atoms with Gasteiger partial charge >= 0.3 is 0 Å². The van der Waals surface area contributed by atoms with Crippen LogP contribution >= 0.6 is 11.8 Å². The summed E-state index contributed by atoms with van der Waals surface area (Å²) in [5.74, 6) is 1.18. The topological polar surface area (TPSA) is 21.3 Å². The van der Waals surface area contributed by atoms with Gasteiger partial charge in [-0.25, -0.2) is 4.39 Å². The lowest BCUT2D eigenvalue weighted by atomic mass is 10.1. The molecule has 0 fully saturated rings. The molecule has 0 saturated carbocycles. The molecule has 15 heavy (non-hydrogen) atoms. The minimum atomic E-state index is -0.220. The number of rotatable bonds is 5. The zero-order chi connectivity index (χ0) is 11.3. The molecule has 0 aliphatic heterocycles. The van der Waals surface area contributed by atoms with E-state index in [1.807, 2.05) is 13.3 Å². The molecule has 1 aromatic carbocycles. The number of hydrogen-bond donors (Lipinski definition) is 1. The Morgan fingerprint density at radius 2 is 2.27 bits per heavy atom. The quantitative estimate of drug-likeness (QED) is 0.838. The Labute approximate surface area is 94.2 Å². The van der Waals surface area contributed by atoms with E-state index in [0.29, 0.717) is 11.3 Å². The fraction of sp³-hybridized carbons (Fsp3) is 0.455. The van der Waals surface area contributed by atoms with Crippen LogP contribution in [0.5, 0.6) is 5.75 Å². The van der Waals surface area contributed by atoms with Gasteiger partial charge in [-0.2, -0.15) is 11.8 Å². The number of halogens is 1. The summed E-state index contributed by atoms with van der Waals surface area (Å²) in [7, 11) is 3.37. The molecule has 1 atom stereocenters. The van der Waals surface area contributed by atoms with Crippen LogP contribution in [0, 0.1) is 5.82 Å². The van der Waals surface area contributed by atoms with Crippen molar-refractivity contribution in [3.8, 4) is 5.75 Å². The zero-order valence-corrected chi connectivity index (χ0v) is 10.0. The maximum atomic E-state index is 13.7. The van der Waals surface area contributed by atoms with Crippen molar-refractivity contribution in [2.45, 2.75) is 6.04 Å². The molecule has 2 nitrogen and oxygen atoms in total. The first kappa shape index (κ1) is 12.3. The molecule has 0 spiro atoms. The highest BCUT2D eigenvalue weighted by Crippen LogP contribution is 2.23. The van der Waals surface area contributed by atoms with Gasteiger partial charge in [-0.15, -0.1) is 0 Å². The SMILES string of the molecule is CNC(CSC)c1ccc(OC)cc1F. The summed E-state index contributed by atoms with van der Waals surface area (Å²) in [5.41, 5.74) is 0.688. The fourth-order valence-corrected chi connectivity index (χ4v) is 2.09. The summed E-state index contributed by atoms with van der Waals surface area (Å²) in [6, 6.07) is 5.01. The number of methoxy groups -OCH3 is 1. The molecule has 1 aromatic rings. The van der Waals surface area contributed by atoms with Crippen molar-refractivity contribution in [2.75, 3.05) is 26.2 Å². The Kier molecular flexibility index (Phi) is 4.91. The molecule has 0 aliphatic rings. The van der Waals surface area contributed by atoms with Crippen molar-refractivity contribution in [3.05, 3.63) is 29.6 Å². The van der Waals surface area contributed by atoms with E-state index >= 15 is 0 Å². The summed E-state index contributed by atoms with van der Waals surface area (Å²) in [4.78, 5) is 0. The maximum absolute atomic E-state index is 13.7. The Balaban J connectivity index is 2.92. The van der Waals surface area contributed by atoms with Gasteiger partial charge < -0.3 is 10.1 Å². The number of nitrogens with one attached hydrogen (secondary N) is 1. The zero-order valence-electron chi connectivity index (χ0n) is 9.21. The van der Waals surface area contributed by atoms with E-state index in [9.17, 15) is 4.39 Å². The minimum absolute atomic E-state index is 0.0471. The van der Waals surface area contributed by atoms with Crippen LogP contribution in [0.15, 0.2) is 18.2 Å². The molecule has 0 amide bonds. The monoisotopic (exact) mass is 229 g/mol. The molecule has 4 heteroatoms. The molecular formula is C11H16FNOS. The van der Waals surface area contributed by atoms with Crippen molar-refractivity contribution in [2.24, 2.45) is 0 Å². The van der Waals surface area contributed by atoms with Gasteiger partial charge in [-0.3, -0.25) is 0 Å². The lowest BCUT2D eigenvalue weighted by molar-refractivity contribution is 0.410. The number of thioether (sulfide) groups is 1. The standard InChI is InChI=1S/C11H16FNOS/c1-13-11(7-15-3)9-5-4-8(14-2)6-10(9)12/h4-6,11,13H,7H2,1-3H3. The highest BCUT2D eigenvalue weighted by molar-refractivity contribution is 7.98. The summed E-state index contributed by atoms with van der Waals surface area (Å²) < 4.78 is 18.6. The Bertz CT molecular complexity index is 319. The lowest BCUT2D eigenvalue weighted by Crippen LogP contribution is -2.19. The predicted molar refractivity (Wildman–Crippen MR) is 63.1 cm³/mol. The van der Waals surface area contributed by atoms with Crippen LogP contribution in [-0.2, 0) is 0 Å². The number of hydrogen-bond acceptors (Lipinski definition) is 3. The van der Waals surface area contributed by atoms with E-state index in [-0.39, 0.29) is 11.9 Å². The van der Waals surface area contributed by atoms with Gasteiger partial charge in [0, 0.05) is 23.4 Å². The summed E-state index contributed by atoms with van der Waals surface area (Å²) in [6.45, 7) is 0. The smallest absolute Gasteiger partial charge is 0.131 e. The third kappa shape index (κ3) is 3.11. The Hall–Kier alpha value is -0.740. The van der Waals surface area contributed by atoms with Crippen molar-refractivity contribution < 1.29 is 9.13 Å². The van der Waals surface area contributed by atoms with Crippen molar-refractivity contribution in [1.82, 2.24) is 5.32 Å². The number of ether oxygens (including phenoxy) is 1. The number of benzene rings is 1. The Morgan fingerprint density at radius 1 is 1.53 bits per heavy atom. The highest BCUT2D eigenvalue weighted by atomic mass is 32.2. The van der Waals surface area contributed by atoms with Crippen LogP contribution in [0.25, 0.3) is 0 Å². The molecule has 0 aromatic heterocycles. The Morgan fingerprint density at radius 3 is 2.73 bits per heavy atom. The van der Waals surface area contributed by atoms with E-state index < -0.39 is 0 Å². The van der Waals surface area contributed by atoms with Gasteiger partial charge in [0.15, 0.2) is 0 Å². The maximum Gasteiger partial charge on any atom is 0.131 e. The first-order valence-electron chi connectivity index (χ1n) is 4.72. The van der Waals surface area contributed by atoms with Crippen molar-refractivity contribution >= 4 is 11.8 Å². The molecule has 0 bridgehead atoms. The van der Waals surface area contributed by atoms with Crippen molar-refractivity contribution in [3.63, 3.8) is 0 Å². The average Bonchev–Trinajstić information content (AvgIpc) is 2.26. The molecule has 1 unspecified atom stereocenters. The van der Waals surface area contributed by atoms with E-state index in [2.05, 4.69) is 5.32 Å². The molecule has 1 N–H and O–H groups in total. The summed E-state index contributed by atoms with van der Waals surface area (Å²) >= 11 is 1.69. The van der Waals surface area contributed by atoms with Crippen LogP contribution in [0.3, 0.4) is 0 Å². The van der Waals surface area contributed by atoms with Gasteiger partial charge in [0.1, 0.15) is 11.6 Å². The van der Waals surface area contributed by atoms with Gasteiger partial charge in [0.25, 0.3) is 0 Å². The van der Waals surface area contributed by atoms with Gasteiger partial charge in [-0.1, -0.05) is 6.07 Å². The van der Waals surface area contributed by atoms with Gasteiger partial charge in [0.2, 0.25) is 0 Å². The van der Waals surface area contributed by atoms with E-state index in [0.717, 1.165) is 5.75 Å². The van der Waals surface area contributed by atoms with Crippen LogP contribution in [0.1, 0.15) is 11.6 Å². The molecule has 84 valence electrons. The molecule has 0 aliphatic carbocycles. The van der Waals surface area contributed by atoms with Crippen LogP contribution in [-0.4, -0.2) is 26.2 Å². The average molecular weight is 229 g/mol. The second-order valence-electron chi connectivity index (χ2n) is 3.18. The summed E-state index contributed by atoms with van der Waals surface area (Å²) in [6.07, 6.45) is 2.01. The minimum Gasteiger partial charge on any atom is -0.497 e. The van der Waals surface area contributed by atoms with E-state index in [1.165, 1.54) is 13.2 Å². The molecule has 1 rings (SSSR count). The van der Waals surface area contributed by atoms with Gasteiger partial charge in [0.05, 0.1) is 7.11 Å². The molecular weight excluding hydrogens is 213 g/mol. The van der Waals surface area contributed by atoms with Crippen molar-refractivity contribution in [1.29, 1.82) is 0 Å². The van der Waals surface area contributed by atoms with E-state index in [4.69, 9.17) is 4.74 Å². The third-order valence-electron chi connectivity index (χ3n) is 2.26. The first-order chi connectivity index (χ1) is 7.22. The fourth-order valence-electron chi connectivity index (χ4n) is 1.41. The predicted octanol–water partition coefficient (Wildman–Crippen LogP) is 2.46. The summed E-state index contributed by atoms with van der Waals surface area (Å²) in [5, 5.41) is 3.10. The van der Waals surface area contributed by atoms with Crippen LogP contribution in [0.2, 0.25) is 0 Å². The first-order valence-corrected chi connectivity index (χ1v) is 6.12. The van der Waals surface area contributed by atoms with Crippen LogP contribution < -0.4 is 10.1 Å². The third-order valence-corrected chi connectivity index (χ3v) is 2.93. The van der Waals surface area contributed by atoms with Gasteiger partial charge in [-0.05, 0) is 19.4 Å². The molecule has 0 radical (unpaired) electrons. The lowest BCUT2D eigenvalue weighted by Gasteiger charge is -2.16. The van der Waals surface area contributed by atoms with Crippen LogP contribution in [0.4, 0.5) is 4.39 Å². The molecule has 0 heterocycles. The normalized spacial score (nSPS) is 12.5.